The predicted molar refractivity (Wildman–Crippen MR) is 114 cm³/mol. The van der Waals surface area contributed by atoms with Crippen LogP contribution in [0.25, 0.3) is 0 Å². The van der Waals surface area contributed by atoms with Gasteiger partial charge in [-0.1, -0.05) is 24.3 Å². The Bertz CT molecular complexity index is 877. The molecule has 1 heterocycles. The molecule has 4 N–H and O–H groups in total. The first-order valence-corrected chi connectivity index (χ1v) is 10.4. The first kappa shape index (κ1) is 21.9. The molecule has 6 nitrogen and oxygen atoms in total. The van der Waals surface area contributed by atoms with Gasteiger partial charge in [-0.25, -0.2) is 4.39 Å². The van der Waals surface area contributed by atoms with E-state index >= 15 is 0 Å². The van der Waals surface area contributed by atoms with Gasteiger partial charge in [0.2, 0.25) is 0 Å². The fourth-order valence-electron chi connectivity index (χ4n) is 3.71. The third-order valence-electron chi connectivity index (χ3n) is 5.77. The van der Waals surface area contributed by atoms with Gasteiger partial charge in [0.05, 0.1) is 0 Å². The molecule has 2 aromatic carbocycles. The number of piperazine rings is 1. The van der Waals surface area contributed by atoms with Crippen LogP contribution in [-0.2, 0) is 16.1 Å². The van der Waals surface area contributed by atoms with Gasteiger partial charge in [-0.2, -0.15) is 0 Å². The zero-order chi connectivity index (χ0) is 21.5. The number of nitrogens with one attached hydrogen (secondary N) is 4. The third-order valence-corrected chi connectivity index (χ3v) is 5.77. The van der Waals surface area contributed by atoms with Crippen LogP contribution >= 0.6 is 0 Å². The van der Waals surface area contributed by atoms with Crippen molar-refractivity contribution in [1.82, 2.24) is 5.32 Å². The van der Waals surface area contributed by atoms with Crippen LogP contribution in [0.15, 0.2) is 42.5 Å². The molecular weight excluding hydrogens is 383 g/mol. The van der Waals surface area contributed by atoms with E-state index in [1.165, 1.54) is 21.9 Å². The molecule has 0 atom stereocenters. The normalized spacial score (nSPS) is 18.6. The van der Waals surface area contributed by atoms with Crippen LogP contribution in [-0.4, -0.2) is 51.1 Å². The van der Waals surface area contributed by atoms with Crippen molar-refractivity contribution in [2.45, 2.75) is 20.4 Å². The maximum Gasteiger partial charge on any atom is 0.279 e. The van der Waals surface area contributed by atoms with Crippen molar-refractivity contribution in [1.29, 1.82) is 0 Å². The van der Waals surface area contributed by atoms with E-state index in [-0.39, 0.29) is 17.6 Å². The Kier molecular flexibility index (Phi) is 7.54. The molecule has 30 heavy (non-hydrogen) atoms. The maximum absolute atomic E-state index is 12.9. The summed E-state index contributed by atoms with van der Waals surface area (Å²) in [6.45, 7) is 8.76. The average molecular weight is 415 g/mol. The number of quaternary nitrogens is 2. The highest BCUT2D eigenvalue weighted by molar-refractivity contribution is 5.92. The highest BCUT2D eigenvalue weighted by atomic mass is 19.1. The lowest BCUT2D eigenvalue weighted by molar-refractivity contribution is -1.00. The smallest absolute Gasteiger partial charge is 0.279 e. The molecule has 1 saturated heterocycles. The monoisotopic (exact) mass is 414 g/mol. The molecule has 0 radical (unpaired) electrons. The Balaban J connectivity index is 1.37. The van der Waals surface area contributed by atoms with E-state index < -0.39 is 0 Å². The quantitative estimate of drug-likeness (QED) is 0.493. The van der Waals surface area contributed by atoms with Crippen molar-refractivity contribution >= 4 is 17.5 Å². The van der Waals surface area contributed by atoms with Crippen LogP contribution in [0.3, 0.4) is 0 Å². The van der Waals surface area contributed by atoms with E-state index in [1.54, 1.807) is 12.1 Å². The first-order chi connectivity index (χ1) is 14.4. The zero-order valence-corrected chi connectivity index (χ0v) is 17.7. The Morgan fingerprint density at radius 1 is 0.900 bits per heavy atom. The van der Waals surface area contributed by atoms with Gasteiger partial charge in [0.15, 0.2) is 13.1 Å². The number of carbonyl (C=O) groups is 2. The van der Waals surface area contributed by atoms with Crippen molar-refractivity contribution in [3.05, 3.63) is 65.0 Å². The Morgan fingerprint density at radius 2 is 1.50 bits per heavy atom. The number of halogens is 1. The summed E-state index contributed by atoms with van der Waals surface area (Å²) in [6.07, 6.45) is 0. The van der Waals surface area contributed by atoms with Crippen molar-refractivity contribution < 1.29 is 23.8 Å². The summed E-state index contributed by atoms with van der Waals surface area (Å²) in [6, 6.07) is 12.1. The summed E-state index contributed by atoms with van der Waals surface area (Å²) in [5.74, 6) is -0.262. The largest absolute Gasteiger partial charge is 0.347 e. The number of anilines is 1. The molecule has 1 fully saturated rings. The average Bonchev–Trinajstić information content (AvgIpc) is 2.72. The van der Waals surface area contributed by atoms with Gasteiger partial charge in [0.25, 0.3) is 11.8 Å². The molecule has 0 aliphatic carbocycles. The van der Waals surface area contributed by atoms with Crippen molar-refractivity contribution in [2.24, 2.45) is 0 Å². The van der Waals surface area contributed by atoms with Crippen LogP contribution in [0.1, 0.15) is 16.7 Å². The van der Waals surface area contributed by atoms with Crippen LogP contribution in [0.2, 0.25) is 0 Å². The predicted octanol–water partition coefficient (Wildman–Crippen LogP) is -0.519. The molecule has 1 aliphatic rings. The van der Waals surface area contributed by atoms with E-state index in [4.69, 9.17) is 0 Å². The molecule has 0 bridgehead atoms. The van der Waals surface area contributed by atoms with Crippen LogP contribution in [0.5, 0.6) is 0 Å². The second-order valence-corrected chi connectivity index (χ2v) is 8.05. The molecule has 3 rings (SSSR count). The summed E-state index contributed by atoms with van der Waals surface area (Å²) in [5, 5.41) is 5.92. The minimum Gasteiger partial charge on any atom is -0.347 e. The molecule has 7 heteroatoms. The highest BCUT2D eigenvalue weighted by Crippen LogP contribution is 2.17. The molecule has 1 aliphatic heterocycles. The van der Waals surface area contributed by atoms with Gasteiger partial charge in [0, 0.05) is 12.2 Å². The molecule has 0 saturated carbocycles. The molecule has 0 spiro atoms. The lowest BCUT2D eigenvalue weighted by Crippen LogP contribution is -3.28. The number of carbonyl (C=O) groups excluding carboxylic acids is 2. The van der Waals surface area contributed by atoms with E-state index in [0.29, 0.717) is 19.6 Å². The van der Waals surface area contributed by atoms with E-state index in [1.807, 2.05) is 32.0 Å². The standard InChI is InChI=1S/C23H29FN4O2/c1-17-4-3-5-21(18(17)2)26-23(30)16-28-12-10-27(11-13-28)15-22(29)25-14-19-6-8-20(24)9-7-19/h3-9H,10-16H2,1-2H3,(H,25,29)(H,26,30)/p+2. The number of aryl methyl sites for hydroxylation is 1. The fourth-order valence-corrected chi connectivity index (χ4v) is 3.71. The second-order valence-electron chi connectivity index (χ2n) is 8.05. The summed E-state index contributed by atoms with van der Waals surface area (Å²) < 4.78 is 12.9. The van der Waals surface area contributed by atoms with Crippen molar-refractivity contribution in [3.63, 3.8) is 0 Å². The summed E-state index contributed by atoms with van der Waals surface area (Å²) in [4.78, 5) is 27.1. The fraction of sp³-hybridized carbons (Fsp3) is 0.391. The molecule has 0 aromatic heterocycles. The van der Waals surface area contributed by atoms with Gasteiger partial charge in [-0.3, -0.25) is 9.59 Å². The van der Waals surface area contributed by atoms with E-state index in [2.05, 4.69) is 10.6 Å². The Labute approximate surface area is 177 Å². The minimum absolute atomic E-state index is 0.00885. The number of amides is 2. The minimum atomic E-state index is -0.280. The lowest BCUT2D eigenvalue weighted by atomic mass is 10.1. The topological polar surface area (TPSA) is 67.1 Å². The van der Waals surface area contributed by atoms with Gasteiger partial charge >= 0.3 is 0 Å². The first-order valence-electron chi connectivity index (χ1n) is 10.4. The zero-order valence-electron chi connectivity index (χ0n) is 17.7. The SMILES string of the molecule is Cc1cccc(NC(=O)C[NH+]2CC[NH+](CC(=O)NCc3ccc(F)cc3)CC2)c1C. The van der Waals surface area contributed by atoms with Crippen molar-refractivity contribution in [2.75, 3.05) is 44.6 Å². The number of hydrogen-bond donors (Lipinski definition) is 4. The number of rotatable bonds is 7. The van der Waals surface area contributed by atoms with Gasteiger partial charge in [-0.15, -0.1) is 0 Å². The van der Waals surface area contributed by atoms with Crippen molar-refractivity contribution in [3.8, 4) is 0 Å². The van der Waals surface area contributed by atoms with Crippen LogP contribution in [0, 0.1) is 19.7 Å². The van der Waals surface area contributed by atoms with E-state index in [0.717, 1.165) is 48.6 Å². The van der Waals surface area contributed by atoms with Gasteiger partial charge in [0.1, 0.15) is 32.0 Å². The molecular formula is C23H31FN4O2+2. The van der Waals surface area contributed by atoms with Crippen LogP contribution in [0.4, 0.5) is 10.1 Å². The number of benzene rings is 2. The second kappa shape index (κ2) is 10.3. The van der Waals surface area contributed by atoms with Gasteiger partial charge < -0.3 is 20.4 Å². The van der Waals surface area contributed by atoms with Gasteiger partial charge in [-0.05, 0) is 48.7 Å². The molecule has 0 unspecified atom stereocenters. The maximum atomic E-state index is 12.9. The Hall–Kier alpha value is -2.77. The highest BCUT2D eigenvalue weighted by Gasteiger charge is 2.26. The van der Waals surface area contributed by atoms with Crippen LogP contribution < -0.4 is 20.4 Å². The molecule has 2 aromatic rings. The third kappa shape index (κ3) is 6.37. The molecule has 160 valence electrons. The lowest BCUT2D eigenvalue weighted by Gasteiger charge is -2.29. The summed E-state index contributed by atoms with van der Waals surface area (Å²) in [5.41, 5.74) is 4.02. The Morgan fingerprint density at radius 3 is 2.13 bits per heavy atom. The molecule has 2 amide bonds. The summed E-state index contributed by atoms with van der Waals surface area (Å²) >= 11 is 0. The summed E-state index contributed by atoms with van der Waals surface area (Å²) in [7, 11) is 0. The number of hydrogen-bond acceptors (Lipinski definition) is 2. The van der Waals surface area contributed by atoms with E-state index in [9.17, 15) is 14.0 Å².